The van der Waals surface area contributed by atoms with E-state index in [0.29, 0.717) is 44.1 Å². The average Bonchev–Trinajstić information content (AvgIpc) is 3.57. The second-order valence-corrected chi connectivity index (χ2v) is 16.4. The number of rotatable bonds is 11. The Bertz CT molecular complexity index is 1220. The van der Waals surface area contributed by atoms with Gasteiger partial charge in [0.05, 0.1) is 36.8 Å². The molecule has 3 aliphatic heterocycles. The van der Waals surface area contributed by atoms with Crippen LogP contribution in [0, 0.1) is 40.4 Å². The number of nitriles is 1. The molecule has 9 nitrogen and oxygen atoms in total. The number of hydrogen-bond donors (Lipinski definition) is 1. The van der Waals surface area contributed by atoms with Crippen LogP contribution in [0.1, 0.15) is 99.8 Å². The lowest BCUT2D eigenvalue weighted by Crippen LogP contribution is -2.65. The summed E-state index contributed by atoms with van der Waals surface area (Å²) >= 11 is 0. The summed E-state index contributed by atoms with van der Waals surface area (Å²) in [5.74, 6) is -4.25. The van der Waals surface area contributed by atoms with Gasteiger partial charge in [-0.3, -0.25) is 9.69 Å². The first-order chi connectivity index (χ1) is 21.9. The summed E-state index contributed by atoms with van der Waals surface area (Å²) in [5, 5.41) is 12.9. The van der Waals surface area contributed by atoms with E-state index in [0.717, 1.165) is 12.8 Å². The van der Waals surface area contributed by atoms with Gasteiger partial charge < -0.3 is 24.3 Å². The summed E-state index contributed by atoms with van der Waals surface area (Å²) < 4.78 is 61.5. The molecule has 47 heavy (non-hydrogen) atoms. The van der Waals surface area contributed by atoms with Crippen LogP contribution >= 0.6 is 0 Å². The predicted molar refractivity (Wildman–Crippen MR) is 171 cm³/mol. The van der Waals surface area contributed by atoms with Crippen molar-refractivity contribution in [2.24, 2.45) is 29.1 Å². The van der Waals surface area contributed by atoms with Crippen LogP contribution in [0.2, 0.25) is 0 Å². The molecule has 3 saturated heterocycles. The first kappa shape index (κ1) is 36.3. The molecule has 3 aliphatic carbocycles. The summed E-state index contributed by atoms with van der Waals surface area (Å²) in [4.78, 5) is 30.0. The molecule has 0 spiro atoms. The van der Waals surface area contributed by atoms with E-state index in [1.165, 1.54) is 0 Å². The van der Waals surface area contributed by atoms with Gasteiger partial charge in [-0.05, 0) is 88.9 Å². The number of likely N-dealkylation sites (tertiary alicyclic amines) is 2. The summed E-state index contributed by atoms with van der Waals surface area (Å²) in [6.07, 6.45) is 1.24. The van der Waals surface area contributed by atoms with Crippen LogP contribution in [0.15, 0.2) is 0 Å². The number of hydrogen-bond acceptors (Lipinski definition) is 7. The van der Waals surface area contributed by atoms with E-state index in [2.05, 4.69) is 32.2 Å². The van der Waals surface area contributed by atoms with Crippen LogP contribution in [-0.2, 0) is 18.8 Å². The van der Waals surface area contributed by atoms with Crippen LogP contribution in [-0.4, -0.2) is 96.5 Å². The van der Waals surface area contributed by atoms with E-state index in [-0.39, 0.29) is 55.8 Å². The smallest absolute Gasteiger partial charge is 0.444 e. The van der Waals surface area contributed by atoms with Gasteiger partial charge in [0, 0.05) is 25.0 Å². The fourth-order valence-corrected chi connectivity index (χ4v) is 9.12. The van der Waals surface area contributed by atoms with Crippen molar-refractivity contribution in [3.05, 3.63) is 0 Å². The zero-order valence-corrected chi connectivity index (χ0v) is 29.2. The molecule has 264 valence electrons. The number of carbonyl (C=O) groups excluding carboxylic acids is 2. The monoisotopic (exact) mass is 666 g/mol. The summed E-state index contributed by atoms with van der Waals surface area (Å²) in [5.41, 5.74) is -1.10. The molecule has 2 unspecified atom stereocenters. The quantitative estimate of drug-likeness (QED) is 0.280. The molecule has 0 aromatic rings. The second kappa shape index (κ2) is 13.4. The van der Waals surface area contributed by atoms with Crippen LogP contribution in [0.3, 0.4) is 0 Å². The molecule has 6 fully saturated rings. The molecule has 3 heterocycles. The largest absolute Gasteiger partial charge is 0.481 e. The third kappa shape index (κ3) is 7.30. The molecular weight excluding hydrogens is 612 g/mol. The maximum Gasteiger partial charge on any atom is 0.481 e. The first-order valence-electron chi connectivity index (χ1n) is 17.7. The molecular formula is C34H54BF3N4O5. The number of piperidine rings is 1. The Kier molecular flexibility index (Phi) is 10.3. The van der Waals surface area contributed by atoms with Gasteiger partial charge in [-0.25, -0.2) is 18.0 Å². The highest BCUT2D eigenvalue weighted by Crippen LogP contribution is 2.65. The molecule has 0 aromatic heterocycles. The Labute approximate surface area is 278 Å². The topological polar surface area (TPSA) is 104 Å². The predicted octanol–water partition coefficient (Wildman–Crippen LogP) is 5.76. The van der Waals surface area contributed by atoms with Gasteiger partial charge in [-0.15, -0.1) is 0 Å². The fraction of sp³-hybridized carbons (Fsp3) is 0.912. The van der Waals surface area contributed by atoms with E-state index < -0.39 is 54.4 Å². The molecule has 9 atom stereocenters. The molecule has 13 heteroatoms. The lowest BCUT2D eigenvalue weighted by atomic mass is 9.43. The van der Waals surface area contributed by atoms with Gasteiger partial charge in [0.25, 0.3) is 5.92 Å². The van der Waals surface area contributed by atoms with Gasteiger partial charge in [0.1, 0.15) is 18.2 Å². The Morgan fingerprint density at radius 1 is 1.21 bits per heavy atom. The minimum atomic E-state index is -2.77. The fourth-order valence-electron chi connectivity index (χ4n) is 9.12. The van der Waals surface area contributed by atoms with Crippen molar-refractivity contribution in [2.45, 2.75) is 141 Å². The standard InChI is InChI=1S/C34H54BF3N4O5/c1-8-25(36)21(2)14-28(35-46-27-16-23-15-26(32(23,5)6)33(27,7)47-35)40-30(44)45-24-10-9-12-41(19-24)29(43)22(18-39)17-31(3,4)42-13-11-34(37,38)20-42/h21-28H,8-17,19-20H2,1-7H3,(H,40,44)/t21?,22?,23-,24-,25+,26-,27+,28-,33-/m0/s1. The van der Waals surface area contributed by atoms with Crippen LogP contribution < -0.4 is 5.32 Å². The summed E-state index contributed by atoms with van der Waals surface area (Å²) in [6, 6.07) is 2.10. The highest BCUT2D eigenvalue weighted by molar-refractivity contribution is 6.47. The zero-order valence-electron chi connectivity index (χ0n) is 29.2. The minimum Gasteiger partial charge on any atom is -0.444 e. The summed E-state index contributed by atoms with van der Waals surface area (Å²) in [7, 11) is -0.737. The van der Waals surface area contributed by atoms with Crippen molar-refractivity contribution in [3.8, 4) is 6.07 Å². The highest BCUT2D eigenvalue weighted by atomic mass is 19.3. The Balaban J connectivity index is 1.20. The SMILES string of the molecule is CC[C@@H](F)C(C)C[C@H](NC(=O)O[C@H]1CCCN(C(=O)C(C#N)CC(C)(C)N2CCC(F)(F)C2)C1)B1O[C@@H]2C[C@@H]3C[C@@H](C3(C)C)[C@]2(C)O1. The van der Waals surface area contributed by atoms with Gasteiger partial charge in [-0.2, -0.15) is 5.26 Å². The van der Waals surface area contributed by atoms with Crippen molar-refractivity contribution in [1.29, 1.82) is 5.26 Å². The maximum atomic E-state index is 14.7. The zero-order chi connectivity index (χ0) is 34.5. The number of nitrogens with one attached hydrogen (secondary N) is 1. The molecule has 1 N–H and O–H groups in total. The minimum absolute atomic E-state index is 0.0924. The first-order valence-corrected chi connectivity index (χ1v) is 17.7. The van der Waals surface area contributed by atoms with Crippen molar-refractivity contribution < 1.29 is 36.8 Å². The van der Waals surface area contributed by atoms with Gasteiger partial charge >= 0.3 is 13.2 Å². The molecule has 6 rings (SSSR count). The lowest BCUT2D eigenvalue weighted by Gasteiger charge is -2.64. The third-order valence-electron chi connectivity index (χ3n) is 12.4. The Morgan fingerprint density at radius 2 is 1.94 bits per heavy atom. The molecule has 3 saturated carbocycles. The number of nitrogens with zero attached hydrogens (tertiary/aromatic N) is 3. The van der Waals surface area contributed by atoms with Crippen LogP contribution in [0.5, 0.6) is 0 Å². The number of halogens is 3. The van der Waals surface area contributed by atoms with Crippen LogP contribution in [0.4, 0.5) is 18.0 Å². The number of alkyl carbamates (subject to hydrolysis) is 1. The Morgan fingerprint density at radius 3 is 2.55 bits per heavy atom. The molecule has 0 aromatic carbocycles. The highest BCUT2D eigenvalue weighted by Gasteiger charge is 2.68. The van der Waals surface area contributed by atoms with E-state index in [1.54, 1.807) is 30.6 Å². The lowest BCUT2D eigenvalue weighted by molar-refractivity contribution is -0.199. The Hall–Kier alpha value is -2.04. The number of amides is 2. The molecule has 2 bridgehead atoms. The maximum absolute atomic E-state index is 14.7. The van der Waals surface area contributed by atoms with E-state index in [1.807, 2.05) is 6.92 Å². The van der Waals surface area contributed by atoms with Crippen molar-refractivity contribution in [1.82, 2.24) is 15.1 Å². The van der Waals surface area contributed by atoms with Crippen molar-refractivity contribution >= 4 is 19.1 Å². The van der Waals surface area contributed by atoms with Gasteiger partial charge in [0.15, 0.2) is 0 Å². The molecule has 2 amide bonds. The average molecular weight is 667 g/mol. The second-order valence-electron chi connectivity index (χ2n) is 16.4. The van der Waals surface area contributed by atoms with Gasteiger partial charge in [-0.1, -0.05) is 27.7 Å². The number of ether oxygens (including phenoxy) is 1. The van der Waals surface area contributed by atoms with Crippen molar-refractivity contribution in [3.63, 3.8) is 0 Å². The normalized spacial score (nSPS) is 34.0. The number of alkyl halides is 3. The summed E-state index contributed by atoms with van der Waals surface area (Å²) in [6.45, 7) is 14.2. The molecule has 0 radical (unpaired) electrons. The van der Waals surface area contributed by atoms with Crippen molar-refractivity contribution in [2.75, 3.05) is 26.2 Å². The van der Waals surface area contributed by atoms with E-state index in [9.17, 15) is 28.0 Å². The van der Waals surface area contributed by atoms with Crippen LogP contribution in [0.25, 0.3) is 0 Å². The molecule has 6 aliphatic rings. The third-order valence-corrected chi connectivity index (χ3v) is 12.4. The van der Waals surface area contributed by atoms with E-state index in [4.69, 9.17) is 14.0 Å². The van der Waals surface area contributed by atoms with Gasteiger partial charge in [0.2, 0.25) is 5.91 Å². The number of carbonyl (C=O) groups is 2. The van der Waals surface area contributed by atoms with E-state index >= 15 is 0 Å².